The highest BCUT2D eigenvalue weighted by molar-refractivity contribution is 7.95. The van der Waals surface area contributed by atoms with Crippen LogP contribution >= 0.6 is 7.26 Å². The van der Waals surface area contributed by atoms with E-state index in [-0.39, 0.29) is 4.90 Å². The summed E-state index contributed by atoms with van der Waals surface area (Å²) in [5.74, 6) is 0. The molecule has 3 nitrogen and oxygen atoms in total. The fraction of sp³-hybridized carbons (Fsp3) is 0.0769. The molecule has 4 rings (SSSR count). The summed E-state index contributed by atoms with van der Waals surface area (Å²) < 4.78 is 31.2. The number of hydrogen-bond donors (Lipinski definition) is 0. The van der Waals surface area contributed by atoms with Crippen LogP contribution in [0.1, 0.15) is 5.56 Å². The molecule has 0 unspecified atom stereocenters. The van der Waals surface area contributed by atoms with Crippen LogP contribution in [0.5, 0.6) is 0 Å². The first kappa shape index (κ1) is 22.9. The van der Waals surface area contributed by atoms with Crippen molar-refractivity contribution in [2.75, 3.05) is 6.66 Å². The van der Waals surface area contributed by atoms with Crippen LogP contribution < -0.4 is 15.9 Å². The fourth-order valence-corrected chi connectivity index (χ4v) is 7.00. The second-order valence-corrected chi connectivity index (χ2v) is 12.2. The van der Waals surface area contributed by atoms with Gasteiger partial charge in [-0.25, -0.2) is 8.42 Å². The molecule has 0 fully saturated rings. The van der Waals surface area contributed by atoms with Crippen LogP contribution in [-0.2, 0) is 10.1 Å². The topological polar surface area (TPSA) is 57.2 Å². The average molecular weight is 449 g/mol. The third-order valence-corrected chi connectivity index (χ3v) is 9.97. The van der Waals surface area contributed by atoms with Crippen molar-refractivity contribution in [2.24, 2.45) is 0 Å². The van der Waals surface area contributed by atoms with Crippen molar-refractivity contribution in [3.63, 3.8) is 0 Å². The third-order valence-electron chi connectivity index (χ3n) is 5.13. The molecule has 158 valence electrons. The Hall–Kier alpha value is -2.78. The van der Waals surface area contributed by atoms with E-state index in [1.165, 1.54) is 28.0 Å². The van der Waals surface area contributed by atoms with Gasteiger partial charge >= 0.3 is 0 Å². The summed E-state index contributed by atoms with van der Waals surface area (Å²) >= 11 is 0. The second-order valence-electron chi connectivity index (χ2n) is 7.28. The Labute approximate surface area is 185 Å². The van der Waals surface area contributed by atoms with E-state index in [1.807, 2.05) is 6.92 Å². The minimum atomic E-state index is -4.27. The largest absolute Gasteiger partial charge is 0.744 e. The van der Waals surface area contributed by atoms with E-state index < -0.39 is 17.4 Å². The Bertz CT molecular complexity index is 1100. The molecule has 0 spiro atoms. The van der Waals surface area contributed by atoms with Crippen molar-refractivity contribution in [2.45, 2.75) is 11.8 Å². The van der Waals surface area contributed by atoms with Crippen molar-refractivity contribution >= 4 is 33.3 Å². The van der Waals surface area contributed by atoms with Crippen LogP contribution in [-0.4, -0.2) is 19.6 Å². The smallest absolute Gasteiger partial charge is 0.124 e. The minimum Gasteiger partial charge on any atom is -0.744 e. The van der Waals surface area contributed by atoms with E-state index in [4.69, 9.17) is 0 Å². The lowest BCUT2D eigenvalue weighted by atomic mass is 10.2. The molecule has 0 saturated heterocycles. The van der Waals surface area contributed by atoms with Gasteiger partial charge in [-0.3, -0.25) is 0 Å². The zero-order valence-corrected chi connectivity index (χ0v) is 19.3. The van der Waals surface area contributed by atoms with Gasteiger partial charge in [0.25, 0.3) is 0 Å². The molecule has 0 aromatic heterocycles. The van der Waals surface area contributed by atoms with E-state index in [2.05, 4.69) is 97.7 Å². The normalized spacial score (nSPS) is 11.3. The Kier molecular flexibility index (Phi) is 7.40. The third kappa shape index (κ3) is 5.68. The first-order chi connectivity index (χ1) is 14.8. The van der Waals surface area contributed by atoms with Crippen LogP contribution in [0.15, 0.2) is 120 Å². The number of rotatable bonds is 4. The highest BCUT2D eigenvalue weighted by Crippen LogP contribution is 2.51. The molecular formula is C26H25O3PS. The van der Waals surface area contributed by atoms with Crippen molar-refractivity contribution in [1.82, 2.24) is 0 Å². The zero-order valence-electron chi connectivity index (χ0n) is 17.5. The van der Waals surface area contributed by atoms with Gasteiger partial charge in [0, 0.05) is 0 Å². The molecule has 0 aliphatic heterocycles. The molecule has 0 amide bonds. The molecule has 4 aromatic carbocycles. The van der Waals surface area contributed by atoms with E-state index >= 15 is 0 Å². The minimum absolute atomic E-state index is 0.178. The first-order valence-electron chi connectivity index (χ1n) is 9.88. The Morgan fingerprint density at radius 1 is 0.581 bits per heavy atom. The van der Waals surface area contributed by atoms with Gasteiger partial charge in [-0.05, 0) is 55.5 Å². The molecule has 0 aliphatic rings. The summed E-state index contributed by atoms with van der Waals surface area (Å²) in [6.45, 7) is 4.23. The van der Waals surface area contributed by atoms with Gasteiger partial charge in [0.15, 0.2) is 0 Å². The lowest BCUT2D eigenvalue weighted by Crippen LogP contribution is -2.30. The van der Waals surface area contributed by atoms with Crippen LogP contribution in [0.25, 0.3) is 0 Å². The predicted molar refractivity (Wildman–Crippen MR) is 130 cm³/mol. The summed E-state index contributed by atoms with van der Waals surface area (Å²) in [6.07, 6.45) is 0. The average Bonchev–Trinajstić information content (AvgIpc) is 2.80. The number of aryl methyl sites for hydroxylation is 1. The van der Waals surface area contributed by atoms with E-state index in [0.29, 0.717) is 0 Å². The SMILES string of the molecule is C[P+](c1ccccc1)(c1ccccc1)c1ccccc1.Cc1ccc(S(=O)(=O)[O-])cc1. The quantitative estimate of drug-likeness (QED) is 0.341. The molecule has 31 heavy (non-hydrogen) atoms. The van der Waals surface area contributed by atoms with Gasteiger partial charge < -0.3 is 4.55 Å². The summed E-state index contributed by atoms with van der Waals surface area (Å²) in [4.78, 5) is -0.178. The molecule has 0 heterocycles. The summed E-state index contributed by atoms with van der Waals surface area (Å²) in [5, 5.41) is 4.28. The van der Waals surface area contributed by atoms with Crippen molar-refractivity contribution in [1.29, 1.82) is 0 Å². The molecular weight excluding hydrogens is 423 g/mol. The molecule has 0 radical (unpaired) electrons. The van der Waals surface area contributed by atoms with E-state index in [1.54, 1.807) is 12.1 Å². The summed E-state index contributed by atoms with van der Waals surface area (Å²) in [5.41, 5.74) is 0.928. The van der Waals surface area contributed by atoms with Gasteiger partial charge in [-0.1, -0.05) is 72.3 Å². The fourth-order valence-electron chi connectivity index (χ4n) is 3.33. The maximum absolute atomic E-state index is 10.4. The molecule has 5 heteroatoms. The van der Waals surface area contributed by atoms with Crippen molar-refractivity contribution < 1.29 is 13.0 Å². The number of hydrogen-bond acceptors (Lipinski definition) is 3. The highest BCUT2D eigenvalue weighted by atomic mass is 32.2. The van der Waals surface area contributed by atoms with Gasteiger partial charge in [0.05, 0.1) is 11.6 Å². The van der Waals surface area contributed by atoms with E-state index in [0.717, 1.165) is 5.56 Å². The maximum atomic E-state index is 10.4. The van der Waals surface area contributed by atoms with Crippen LogP contribution in [0.4, 0.5) is 0 Å². The molecule has 0 saturated carbocycles. The molecule has 0 aliphatic carbocycles. The monoisotopic (exact) mass is 448 g/mol. The maximum Gasteiger partial charge on any atom is 0.124 e. The summed E-state index contributed by atoms with van der Waals surface area (Å²) in [6, 6.07) is 38.4. The molecule has 0 N–H and O–H groups in total. The van der Waals surface area contributed by atoms with Crippen LogP contribution in [0, 0.1) is 6.92 Å². The standard InChI is InChI=1S/C19H18P.C7H8O3S/c1-20(17-11-5-2-6-12-17,18-13-7-3-8-14-18)19-15-9-4-10-16-19;1-6-2-4-7(5-3-6)11(8,9)10/h2-16H,1H3;2-5H,1H3,(H,8,9,10)/q+1;/p-1. The van der Waals surface area contributed by atoms with Crippen molar-refractivity contribution in [3.05, 3.63) is 121 Å². The first-order valence-corrected chi connectivity index (χ1v) is 13.5. The molecule has 4 aromatic rings. The van der Waals surface area contributed by atoms with Crippen LogP contribution in [0.2, 0.25) is 0 Å². The highest BCUT2D eigenvalue weighted by Gasteiger charge is 2.39. The second kappa shape index (κ2) is 10.0. The van der Waals surface area contributed by atoms with E-state index in [9.17, 15) is 13.0 Å². The van der Waals surface area contributed by atoms with Crippen LogP contribution in [0.3, 0.4) is 0 Å². The molecule has 0 bridgehead atoms. The Morgan fingerprint density at radius 2 is 0.903 bits per heavy atom. The predicted octanol–water partition coefficient (Wildman–Crippen LogP) is 4.51. The summed E-state index contributed by atoms with van der Waals surface area (Å²) in [7, 11) is -5.80. The van der Waals surface area contributed by atoms with Gasteiger partial charge in [0.2, 0.25) is 0 Å². The van der Waals surface area contributed by atoms with Gasteiger partial charge in [0.1, 0.15) is 33.3 Å². The van der Waals surface area contributed by atoms with Gasteiger partial charge in [-0.15, -0.1) is 0 Å². The Balaban J connectivity index is 0.000000210. The van der Waals surface area contributed by atoms with Gasteiger partial charge in [-0.2, -0.15) is 0 Å². The van der Waals surface area contributed by atoms with Crippen molar-refractivity contribution in [3.8, 4) is 0 Å². The molecule has 0 atom stereocenters. The zero-order chi connectivity index (χ0) is 22.3. The Morgan fingerprint density at radius 3 is 1.19 bits per heavy atom. The number of benzene rings is 4. The lowest BCUT2D eigenvalue weighted by molar-refractivity contribution is 0.463. The lowest BCUT2D eigenvalue weighted by Gasteiger charge is -2.22.